The van der Waals surface area contributed by atoms with E-state index in [0.29, 0.717) is 12.5 Å². The Bertz CT molecular complexity index is 502. The summed E-state index contributed by atoms with van der Waals surface area (Å²) in [7, 11) is 2.08. The molecule has 0 aromatic heterocycles. The minimum Gasteiger partial charge on any atom is -0.371 e. The Hall–Kier alpha value is -1.55. The van der Waals surface area contributed by atoms with E-state index in [-0.39, 0.29) is 11.8 Å². The van der Waals surface area contributed by atoms with Crippen LogP contribution in [0.15, 0.2) is 24.3 Å². The van der Waals surface area contributed by atoms with Crippen LogP contribution >= 0.6 is 0 Å². The van der Waals surface area contributed by atoms with E-state index in [0.717, 1.165) is 43.7 Å². The van der Waals surface area contributed by atoms with Crippen LogP contribution in [0.1, 0.15) is 19.3 Å². The van der Waals surface area contributed by atoms with E-state index in [9.17, 15) is 4.79 Å². The number of hydrogen-bond donors (Lipinski definition) is 1. The minimum absolute atomic E-state index is 0.122. The van der Waals surface area contributed by atoms with Crippen molar-refractivity contribution in [3.8, 4) is 0 Å². The lowest BCUT2D eigenvalue weighted by Crippen LogP contribution is -2.46. The summed E-state index contributed by atoms with van der Waals surface area (Å²) < 4.78 is 0. The molecule has 1 heterocycles. The molecule has 0 spiro atoms. The molecule has 4 nitrogen and oxygen atoms in total. The van der Waals surface area contributed by atoms with E-state index in [1.807, 2.05) is 17.0 Å². The summed E-state index contributed by atoms with van der Waals surface area (Å²) in [6.07, 6.45) is 3.23. The van der Waals surface area contributed by atoms with Gasteiger partial charge in [-0.2, -0.15) is 0 Å². The molecule has 1 aliphatic carbocycles. The summed E-state index contributed by atoms with van der Waals surface area (Å²) in [6.45, 7) is 2.30. The topological polar surface area (TPSA) is 49.6 Å². The van der Waals surface area contributed by atoms with Gasteiger partial charge in [-0.3, -0.25) is 4.79 Å². The molecule has 3 rings (SSSR count). The smallest absolute Gasteiger partial charge is 0.230 e. The molecule has 1 aromatic rings. The van der Waals surface area contributed by atoms with Crippen molar-refractivity contribution in [2.75, 3.05) is 36.5 Å². The Morgan fingerprint density at radius 3 is 2.75 bits per heavy atom. The molecule has 1 aliphatic heterocycles. The second-order valence-electron chi connectivity index (χ2n) is 5.93. The Morgan fingerprint density at radius 2 is 2.00 bits per heavy atom. The number of carbonyl (C=O) groups excluding carboxylic acids is 1. The zero-order valence-electron chi connectivity index (χ0n) is 12.1. The van der Waals surface area contributed by atoms with E-state index in [2.05, 4.69) is 24.1 Å². The number of nitrogens with zero attached hydrogens (tertiary/aromatic N) is 2. The zero-order chi connectivity index (χ0) is 14.1. The summed E-state index contributed by atoms with van der Waals surface area (Å²) in [4.78, 5) is 17.1. The molecule has 2 N–H and O–H groups in total. The van der Waals surface area contributed by atoms with E-state index >= 15 is 0 Å². The first-order chi connectivity index (χ1) is 9.72. The first-order valence-electron chi connectivity index (χ1n) is 7.54. The molecule has 20 heavy (non-hydrogen) atoms. The molecule has 1 aromatic carbocycles. The lowest BCUT2D eigenvalue weighted by Gasteiger charge is -2.37. The monoisotopic (exact) mass is 273 g/mol. The molecule has 1 fully saturated rings. The number of hydrogen-bond acceptors (Lipinski definition) is 3. The van der Waals surface area contributed by atoms with Gasteiger partial charge in [0, 0.05) is 26.1 Å². The average molecular weight is 273 g/mol. The van der Waals surface area contributed by atoms with Crippen LogP contribution in [0.5, 0.6) is 0 Å². The molecule has 0 saturated heterocycles. The third-order valence-electron chi connectivity index (χ3n) is 4.79. The largest absolute Gasteiger partial charge is 0.371 e. The van der Waals surface area contributed by atoms with Gasteiger partial charge in [0.15, 0.2) is 0 Å². The highest BCUT2D eigenvalue weighted by Gasteiger charge is 2.36. The van der Waals surface area contributed by atoms with Gasteiger partial charge in [-0.05, 0) is 37.4 Å². The number of rotatable bonds is 2. The first-order valence-corrected chi connectivity index (χ1v) is 7.54. The van der Waals surface area contributed by atoms with Gasteiger partial charge in [0.2, 0.25) is 5.91 Å². The van der Waals surface area contributed by atoms with Crippen LogP contribution in [0.4, 0.5) is 11.4 Å². The Labute approximate surface area is 120 Å². The third kappa shape index (κ3) is 2.18. The Kier molecular flexibility index (Phi) is 3.66. The normalized spacial score (nSPS) is 25.7. The van der Waals surface area contributed by atoms with Gasteiger partial charge in [-0.25, -0.2) is 0 Å². The molecule has 1 amide bonds. The van der Waals surface area contributed by atoms with Gasteiger partial charge in [0.25, 0.3) is 0 Å². The van der Waals surface area contributed by atoms with Gasteiger partial charge in [0.05, 0.1) is 11.4 Å². The highest BCUT2D eigenvalue weighted by molar-refractivity contribution is 5.99. The quantitative estimate of drug-likeness (QED) is 0.894. The van der Waals surface area contributed by atoms with Crippen molar-refractivity contribution >= 4 is 17.3 Å². The van der Waals surface area contributed by atoms with Gasteiger partial charge >= 0.3 is 0 Å². The summed E-state index contributed by atoms with van der Waals surface area (Å²) in [5, 5.41) is 0. The minimum atomic E-state index is 0.122. The van der Waals surface area contributed by atoms with E-state index < -0.39 is 0 Å². The van der Waals surface area contributed by atoms with Crippen molar-refractivity contribution in [2.45, 2.75) is 19.3 Å². The van der Waals surface area contributed by atoms with Crippen LogP contribution in [-0.2, 0) is 4.79 Å². The fourth-order valence-corrected chi connectivity index (χ4v) is 3.58. The summed E-state index contributed by atoms with van der Waals surface area (Å²) in [5.41, 5.74) is 8.03. The summed E-state index contributed by atoms with van der Waals surface area (Å²) in [5.74, 6) is 0.768. The van der Waals surface area contributed by atoms with Crippen LogP contribution in [0.3, 0.4) is 0 Å². The highest BCUT2D eigenvalue weighted by atomic mass is 16.2. The lowest BCUT2D eigenvalue weighted by molar-refractivity contribution is -0.123. The number of amides is 1. The molecule has 4 heteroatoms. The highest BCUT2D eigenvalue weighted by Crippen LogP contribution is 2.37. The van der Waals surface area contributed by atoms with Gasteiger partial charge in [0.1, 0.15) is 0 Å². The first kappa shape index (κ1) is 13.4. The average Bonchev–Trinajstić information content (AvgIpc) is 2.96. The fourth-order valence-electron chi connectivity index (χ4n) is 3.58. The van der Waals surface area contributed by atoms with Crippen LogP contribution in [-0.4, -0.2) is 32.6 Å². The zero-order valence-corrected chi connectivity index (χ0v) is 12.1. The maximum absolute atomic E-state index is 12.9. The molecular formula is C16H23N3O. The molecular weight excluding hydrogens is 250 g/mol. The van der Waals surface area contributed by atoms with Crippen molar-refractivity contribution in [2.24, 2.45) is 17.6 Å². The predicted molar refractivity (Wildman–Crippen MR) is 82.0 cm³/mol. The molecule has 0 bridgehead atoms. The SMILES string of the molecule is CN1CCN(C(=O)[C@@H]2CCC[C@@H]2CN)c2ccccc21. The standard InChI is InChI=1S/C16H23N3O/c1-18-9-10-19(15-8-3-2-7-14(15)18)16(20)13-6-4-5-12(13)11-17/h2-3,7-8,12-13H,4-6,9-11,17H2,1H3/t12-,13-/m1/s1. The van der Waals surface area contributed by atoms with E-state index in [1.54, 1.807) is 0 Å². The van der Waals surface area contributed by atoms with Crippen molar-refractivity contribution in [3.63, 3.8) is 0 Å². The van der Waals surface area contributed by atoms with E-state index in [4.69, 9.17) is 5.73 Å². The molecule has 2 aliphatic rings. The summed E-state index contributed by atoms with van der Waals surface area (Å²) >= 11 is 0. The van der Waals surface area contributed by atoms with Crippen LogP contribution in [0, 0.1) is 11.8 Å². The number of carbonyl (C=O) groups is 1. The number of anilines is 2. The maximum Gasteiger partial charge on any atom is 0.230 e. The van der Waals surface area contributed by atoms with Gasteiger partial charge in [-0.1, -0.05) is 18.6 Å². The maximum atomic E-state index is 12.9. The molecule has 0 unspecified atom stereocenters. The van der Waals surface area contributed by atoms with Crippen LogP contribution in [0.25, 0.3) is 0 Å². The summed E-state index contributed by atoms with van der Waals surface area (Å²) in [6, 6.07) is 8.17. The van der Waals surface area contributed by atoms with Crippen molar-refractivity contribution < 1.29 is 4.79 Å². The fraction of sp³-hybridized carbons (Fsp3) is 0.562. The van der Waals surface area contributed by atoms with Crippen LogP contribution in [0.2, 0.25) is 0 Å². The lowest BCUT2D eigenvalue weighted by atomic mass is 9.94. The molecule has 2 atom stereocenters. The Morgan fingerprint density at radius 1 is 1.25 bits per heavy atom. The number of para-hydroxylation sites is 2. The van der Waals surface area contributed by atoms with E-state index in [1.165, 1.54) is 0 Å². The van der Waals surface area contributed by atoms with Crippen molar-refractivity contribution in [1.29, 1.82) is 0 Å². The Balaban J connectivity index is 1.88. The second-order valence-corrected chi connectivity index (χ2v) is 5.93. The predicted octanol–water partition coefficient (Wildman–Crippen LogP) is 1.84. The number of fused-ring (bicyclic) bond motifs is 1. The van der Waals surface area contributed by atoms with Crippen molar-refractivity contribution in [3.05, 3.63) is 24.3 Å². The molecule has 108 valence electrons. The third-order valence-corrected chi connectivity index (χ3v) is 4.79. The van der Waals surface area contributed by atoms with Gasteiger partial charge in [-0.15, -0.1) is 0 Å². The molecule has 1 saturated carbocycles. The molecule has 0 radical (unpaired) electrons. The second kappa shape index (κ2) is 5.44. The van der Waals surface area contributed by atoms with Crippen LogP contribution < -0.4 is 15.5 Å². The van der Waals surface area contributed by atoms with Crippen molar-refractivity contribution in [1.82, 2.24) is 0 Å². The number of benzene rings is 1. The van der Waals surface area contributed by atoms with Gasteiger partial charge < -0.3 is 15.5 Å². The number of nitrogens with two attached hydrogens (primary N) is 1. The number of likely N-dealkylation sites (N-methyl/N-ethyl adjacent to an activating group) is 1.